The van der Waals surface area contributed by atoms with Crippen LogP contribution >= 0.6 is 0 Å². The van der Waals surface area contributed by atoms with E-state index in [1.165, 1.54) is 25.2 Å². The molecule has 0 fully saturated rings. The van der Waals surface area contributed by atoms with Gasteiger partial charge in [-0.05, 0) is 31.6 Å². The largest absolute Gasteiger partial charge is 0.490 e. The molecule has 2 rings (SSSR count). The number of para-hydroxylation sites is 1. The molecule has 2 N–H and O–H groups in total. The molecule has 1 aliphatic rings. The Hall–Kier alpha value is -2.44. The van der Waals surface area contributed by atoms with E-state index in [4.69, 9.17) is 9.47 Å². The second kappa shape index (κ2) is 8.09. The minimum Gasteiger partial charge on any atom is -0.490 e. The van der Waals surface area contributed by atoms with Gasteiger partial charge in [0.05, 0.1) is 0 Å². The van der Waals surface area contributed by atoms with Crippen LogP contribution < -0.4 is 4.74 Å². The Morgan fingerprint density at radius 1 is 1.24 bits per heavy atom. The minimum atomic E-state index is -1.92. The lowest BCUT2D eigenvalue weighted by atomic mass is 9.81. The van der Waals surface area contributed by atoms with Crippen LogP contribution in [-0.2, 0) is 14.3 Å². The van der Waals surface area contributed by atoms with Gasteiger partial charge in [0, 0.05) is 0 Å². The van der Waals surface area contributed by atoms with E-state index in [1.54, 1.807) is 12.1 Å². The molecule has 0 radical (unpaired) electrons. The van der Waals surface area contributed by atoms with Crippen molar-refractivity contribution in [2.45, 2.75) is 25.6 Å². The highest BCUT2D eigenvalue weighted by Crippen LogP contribution is 2.27. The van der Waals surface area contributed by atoms with Crippen molar-refractivity contribution < 1.29 is 29.3 Å². The number of ketones is 1. The van der Waals surface area contributed by atoms with Gasteiger partial charge in [0.2, 0.25) is 0 Å². The number of carbonyl (C=O) groups excluding carboxylic acids is 2. The van der Waals surface area contributed by atoms with Crippen molar-refractivity contribution in [3.8, 4) is 5.75 Å². The maximum Gasteiger partial charge on any atom is 0.316 e. The molecule has 0 heterocycles. The minimum absolute atomic E-state index is 0.0461. The van der Waals surface area contributed by atoms with Crippen molar-refractivity contribution >= 4 is 11.8 Å². The number of Topliss-reactive ketones (excluding diaryl/α,β-unsaturated/α-hetero) is 1. The van der Waals surface area contributed by atoms with Crippen LogP contribution in [0.15, 0.2) is 48.6 Å². The summed E-state index contributed by atoms with van der Waals surface area (Å²) in [5.41, 5.74) is -0.994. The van der Waals surface area contributed by atoms with E-state index in [1.807, 2.05) is 25.1 Å². The summed E-state index contributed by atoms with van der Waals surface area (Å²) in [7, 11) is 0. The Labute approximate surface area is 146 Å². The van der Waals surface area contributed by atoms with Crippen molar-refractivity contribution in [2.24, 2.45) is 5.92 Å². The molecule has 0 amide bonds. The molecule has 0 saturated heterocycles. The number of allylic oxidation sites excluding steroid dienone is 2. The first-order valence-corrected chi connectivity index (χ1v) is 7.97. The Balaban J connectivity index is 1.87. The van der Waals surface area contributed by atoms with Gasteiger partial charge in [-0.1, -0.05) is 36.4 Å². The first-order valence-electron chi connectivity index (χ1n) is 7.97. The number of hydrogen-bond acceptors (Lipinski definition) is 6. The van der Waals surface area contributed by atoms with Gasteiger partial charge in [0.1, 0.15) is 31.0 Å². The maximum atomic E-state index is 12.2. The molecule has 0 bridgehead atoms. The van der Waals surface area contributed by atoms with Crippen LogP contribution in [0.25, 0.3) is 0 Å². The van der Waals surface area contributed by atoms with Crippen molar-refractivity contribution in [3.63, 3.8) is 0 Å². The highest BCUT2D eigenvalue weighted by molar-refractivity contribution is 5.94. The first-order chi connectivity index (χ1) is 11.8. The molecule has 6 heteroatoms. The topological polar surface area (TPSA) is 93.1 Å². The lowest BCUT2D eigenvalue weighted by molar-refractivity contribution is -0.160. The Morgan fingerprint density at radius 3 is 2.64 bits per heavy atom. The molecule has 3 atom stereocenters. The molecule has 6 nitrogen and oxygen atoms in total. The smallest absolute Gasteiger partial charge is 0.316 e. The SMILES string of the molecule is CC(=O)C1(O)C=CC=CC1C(=O)OCC(O)COc1ccccc1C. The third kappa shape index (κ3) is 4.55. The normalized spacial score (nSPS) is 23.1. The highest BCUT2D eigenvalue weighted by Gasteiger charge is 2.44. The van der Waals surface area contributed by atoms with Gasteiger partial charge in [0.25, 0.3) is 0 Å². The highest BCUT2D eigenvalue weighted by atomic mass is 16.5. The standard InChI is InChI=1S/C19H22O6/c1-13-7-3-4-9-17(13)24-11-15(21)12-25-18(22)16-8-5-6-10-19(16,23)14(2)20/h3-10,15-16,21,23H,11-12H2,1-2H3. The summed E-state index contributed by atoms with van der Waals surface area (Å²) in [6, 6.07) is 7.36. The molecular formula is C19H22O6. The van der Waals surface area contributed by atoms with Gasteiger partial charge >= 0.3 is 5.97 Å². The number of carbonyl (C=O) groups is 2. The second-order valence-corrected chi connectivity index (χ2v) is 5.96. The fourth-order valence-corrected chi connectivity index (χ4v) is 2.44. The van der Waals surface area contributed by atoms with Gasteiger partial charge in [0.15, 0.2) is 11.4 Å². The summed E-state index contributed by atoms with van der Waals surface area (Å²) in [5.74, 6) is -1.84. The van der Waals surface area contributed by atoms with Crippen molar-refractivity contribution in [2.75, 3.05) is 13.2 Å². The summed E-state index contributed by atoms with van der Waals surface area (Å²) in [5, 5.41) is 20.3. The van der Waals surface area contributed by atoms with E-state index in [2.05, 4.69) is 0 Å². The zero-order valence-electron chi connectivity index (χ0n) is 14.2. The summed E-state index contributed by atoms with van der Waals surface area (Å²) >= 11 is 0. The predicted molar refractivity (Wildman–Crippen MR) is 91.0 cm³/mol. The quantitative estimate of drug-likeness (QED) is 0.724. The summed E-state index contributed by atoms with van der Waals surface area (Å²) in [6.45, 7) is 2.74. The molecule has 0 spiro atoms. The molecule has 0 aliphatic heterocycles. The molecule has 134 valence electrons. The van der Waals surface area contributed by atoms with Gasteiger partial charge in [-0.15, -0.1) is 0 Å². The van der Waals surface area contributed by atoms with Crippen LogP contribution in [0.4, 0.5) is 0 Å². The lowest BCUT2D eigenvalue weighted by Gasteiger charge is -2.29. The lowest BCUT2D eigenvalue weighted by Crippen LogP contribution is -2.47. The predicted octanol–water partition coefficient (Wildman–Crippen LogP) is 1.34. The van der Waals surface area contributed by atoms with Crippen LogP contribution in [0.3, 0.4) is 0 Å². The molecule has 1 aromatic rings. The number of hydrogen-bond donors (Lipinski definition) is 2. The molecule has 3 unspecified atom stereocenters. The number of aliphatic hydroxyl groups excluding tert-OH is 1. The zero-order chi connectivity index (χ0) is 18.4. The van der Waals surface area contributed by atoms with Gasteiger partial charge < -0.3 is 19.7 Å². The molecular weight excluding hydrogens is 324 g/mol. The van der Waals surface area contributed by atoms with Gasteiger partial charge in [-0.2, -0.15) is 0 Å². The summed E-state index contributed by atoms with van der Waals surface area (Å²) < 4.78 is 10.5. The van der Waals surface area contributed by atoms with Crippen molar-refractivity contribution in [3.05, 3.63) is 54.1 Å². The molecule has 0 aromatic heterocycles. The van der Waals surface area contributed by atoms with E-state index < -0.39 is 29.4 Å². The average molecular weight is 346 g/mol. The average Bonchev–Trinajstić information content (AvgIpc) is 2.59. The third-order valence-electron chi connectivity index (χ3n) is 4.00. The van der Waals surface area contributed by atoms with Gasteiger partial charge in [-0.3, -0.25) is 9.59 Å². The molecule has 25 heavy (non-hydrogen) atoms. The third-order valence-corrected chi connectivity index (χ3v) is 4.00. The van der Waals surface area contributed by atoms with Crippen LogP contribution in [0.5, 0.6) is 5.75 Å². The van der Waals surface area contributed by atoms with Crippen molar-refractivity contribution in [1.29, 1.82) is 0 Å². The second-order valence-electron chi connectivity index (χ2n) is 5.96. The van der Waals surface area contributed by atoms with E-state index in [-0.39, 0.29) is 13.2 Å². The number of aryl methyl sites for hydroxylation is 1. The summed E-state index contributed by atoms with van der Waals surface area (Å²) in [4.78, 5) is 23.8. The zero-order valence-corrected chi connectivity index (χ0v) is 14.2. The van der Waals surface area contributed by atoms with E-state index in [9.17, 15) is 19.8 Å². The van der Waals surface area contributed by atoms with E-state index >= 15 is 0 Å². The van der Waals surface area contributed by atoms with Crippen LogP contribution in [0, 0.1) is 12.8 Å². The van der Waals surface area contributed by atoms with Crippen LogP contribution in [-0.4, -0.2) is 46.9 Å². The fraction of sp³-hybridized carbons (Fsp3) is 0.368. The molecule has 1 aromatic carbocycles. The summed E-state index contributed by atoms with van der Waals surface area (Å²) in [6.07, 6.45) is 4.69. The number of aliphatic hydroxyl groups is 2. The number of benzene rings is 1. The van der Waals surface area contributed by atoms with Gasteiger partial charge in [-0.25, -0.2) is 0 Å². The fourth-order valence-electron chi connectivity index (χ4n) is 2.44. The van der Waals surface area contributed by atoms with E-state index in [0.29, 0.717) is 5.75 Å². The number of esters is 1. The Morgan fingerprint density at radius 2 is 1.96 bits per heavy atom. The van der Waals surface area contributed by atoms with E-state index in [0.717, 1.165) is 5.56 Å². The monoisotopic (exact) mass is 346 g/mol. The first kappa shape index (κ1) is 18.9. The van der Waals surface area contributed by atoms with Crippen molar-refractivity contribution in [1.82, 2.24) is 0 Å². The van der Waals surface area contributed by atoms with Crippen LogP contribution in [0.1, 0.15) is 12.5 Å². The maximum absolute atomic E-state index is 12.2. The Kier molecular flexibility index (Phi) is 6.12. The molecule has 0 saturated carbocycles. The molecule has 1 aliphatic carbocycles. The Bertz CT molecular complexity index is 693. The number of rotatable bonds is 7. The van der Waals surface area contributed by atoms with Crippen LogP contribution in [0.2, 0.25) is 0 Å². The number of ether oxygens (including phenoxy) is 2.